The molecule has 0 unspecified atom stereocenters. The second-order valence-corrected chi connectivity index (χ2v) is 2.94. The summed E-state index contributed by atoms with van der Waals surface area (Å²) in [6.07, 6.45) is -4.67. The zero-order chi connectivity index (χ0) is 11.5. The van der Waals surface area contributed by atoms with Gasteiger partial charge in [-0.3, -0.25) is 0 Å². The van der Waals surface area contributed by atoms with E-state index in [1.807, 2.05) is 0 Å². The fraction of sp³-hybridized carbons (Fsp3) is 0.300. The van der Waals surface area contributed by atoms with Gasteiger partial charge in [0.05, 0.1) is 5.69 Å². The predicted molar refractivity (Wildman–Crippen MR) is 51.8 cm³/mol. The van der Waals surface area contributed by atoms with E-state index in [0.717, 1.165) is 0 Å². The Morgan fingerprint density at radius 1 is 1.33 bits per heavy atom. The Morgan fingerprint density at radius 3 is 2.47 bits per heavy atom. The Hall–Kier alpha value is -1.39. The van der Waals surface area contributed by atoms with Crippen molar-refractivity contribution in [2.45, 2.75) is 6.36 Å². The molecular formula is C10H11F3NO. The van der Waals surface area contributed by atoms with Gasteiger partial charge in [-0.15, -0.1) is 13.2 Å². The molecule has 0 aromatic heterocycles. The van der Waals surface area contributed by atoms with E-state index in [1.54, 1.807) is 24.1 Å². The van der Waals surface area contributed by atoms with E-state index in [-0.39, 0.29) is 5.75 Å². The summed E-state index contributed by atoms with van der Waals surface area (Å²) in [5.41, 5.74) is 0.366. The number of halogens is 3. The van der Waals surface area contributed by atoms with Crippen LogP contribution in [-0.4, -0.2) is 20.0 Å². The van der Waals surface area contributed by atoms with Gasteiger partial charge in [-0.2, -0.15) is 0 Å². The first kappa shape index (κ1) is 11.7. The van der Waals surface area contributed by atoms with Crippen molar-refractivity contribution in [2.75, 3.05) is 18.5 Å². The lowest BCUT2D eigenvalue weighted by Gasteiger charge is -2.20. The second-order valence-electron chi connectivity index (χ2n) is 2.94. The molecule has 0 fully saturated rings. The van der Waals surface area contributed by atoms with E-state index >= 15 is 0 Å². The highest BCUT2D eigenvalue weighted by atomic mass is 19.4. The monoisotopic (exact) mass is 218 g/mol. The van der Waals surface area contributed by atoms with E-state index in [1.165, 1.54) is 12.1 Å². The lowest BCUT2D eigenvalue weighted by atomic mass is 10.2. The van der Waals surface area contributed by atoms with E-state index in [4.69, 9.17) is 0 Å². The van der Waals surface area contributed by atoms with Crippen LogP contribution in [0.25, 0.3) is 0 Å². The van der Waals surface area contributed by atoms with Gasteiger partial charge in [-0.1, -0.05) is 12.1 Å². The minimum Gasteiger partial charge on any atom is -0.404 e. The smallest absolute Gasteiger partial charge is 0.404 e. The van der Waals surface area contributed by atoms with E-state index in [2.05, 4.69) is 11.7 Å². The topological polar surface area (TPSA) is 12.5 Å². The van der Waals surface area contributed by atoms with E-state index in [9.17, 15) is 13.2 Å². The molecule has 0 saturated carbocycles. The lowest BCUT2D eigenvalue weighted by molar-refractivity contribution is -0.274. The molecule has 0 amide bonds. The van der Waals surface area contributed by atoms with Gasteiger partial charge in [-0.05, 0) is 19.1 Å². The SMILES string of the molecule is [CH2]CN(C)c1ccccc1OC(F)(F)F. The van der Waals surface area contributed by atoms with Gasteiger partial charge in [0.25, 0.3) is 0 Å². The van der Waals surface area contributed by atoms with E-state index in [0.29, 0.717) is 12.2 Å². The highest BCUT2D eigenvalue weighted by Crippen LogP contribution is 2.31. The number of benzene rings is 1. The van der Waals surface area contributed by atoms with Gasteiger partial charge in [0.2, 0.25) is 0 Å². The first-order chi connectivity index (χ1) is 6.94. The number of hydrogen-bond acceptors (Lipinski definition) is 2. The zero-order valence-electron chi connectivity index (χ0n) is 8.21. The molecule has 2 nitrogen and oxygen atoms in total. The Bertz CT molecular complexity index is 325. The van der Waals surface area contributed by atoms with Crippen molar-refractivity contribution < 1.29 is 17.9 Å². The van der Waals surface area contributed by atoms with Crippen molar-refractivity contribution >= 4 is 5.69 Å². The number of hydrogen-bond donors (Lipinski definition) is 0. The summed E-state index contributed by atoms with van der Waals surface area (Å²) in [7, 11) is 1.64. The summed E-state index contributed by atoms with van der Waals surface area (Å²) >= 11 is 0. The zero-order valence-corrected chi connectivity index (χ0v) is 8.21. The van der Waals surface area contributed by atoms with Crippen LogP contribution in [-0.2, 0) is 0 Å². The van der Waals surface area contributed by atoms with Crippen LogP contribution in [0.1, 0.15) is 0 Å². The number of nitrogens with zero attached hydrogens (tertiary/aromatic N) is 1. The van der Waals surface area contributed by atoms with Crippen LogP contribution in [0.5, 0.6) is 5.75 Å². The van der Waals surface area contributed by atoms with Gasteiger partial charge in [0.1, 0.15) is 0 Å². The number of alkyl halides is 3. The maximum Gasteiger partial charge on any atom is 0.573 e. The predicted octanol–water partition coefficient (Wildman–Crippen LogP) is 2.86. The Balaban J connectivity index is 2.96. The van der Waals surface area contributed by atoms with Crippen LogP contribution in [0.15, 0.2) is 24.3 Å². The summed E-state index contributed by atoms with van der Waals surface area (Å²) < 4.78 is 40.0. The Morgan fingerprint density at radius 2 is 1.93 bits per heavy atom. The van der Waals surface area contributed by atoms with Crippen molar-refractivity contribution in [3.8, 4) is 5.75 Å². The number of para-hydroxylation sites is 2. The Labute approximate surface area is 86.3 Å². The Kier molecular flexibility index (Phi) is 3.44. The molecule has 0 aliphatic carbocycles. The summed E-state index contributed by atoms with van der Waals surface area (Å²) in [4.78, 5) is 1.57. The summed E-state index contributed by atoms with van der Waals surface area (Å²) in [6, 6.07) is 5.95. The summed E-state index contributed by atoms with van der Waals surface area (Å²) in [6.45, 7) is 3.95. The molecule has 0 saturated heterocycles. The van der Waals surface area contributed by atoms with Gasteiger partial charge in [-0.25, -0.2) is 0 Å². The quantitative estimate of drug-likeness (QED) is 0.773. The van der Waals surface area contributed by atoms with E-state index < -0.39 is 6.36 Å². The number of anilines is 1. The third kappa shape index (κ3) is 3.34. The first-order valence-electron chi connectivity index (χ1n) is 4.29. The lowest BCUT2D eigenvalue weighted by Crippen LogP contribution is -2.21. The van der Waals surface area contributed by atoms with Crippen molar-refractivity contribution in [2.24, 2.45) is 0 Å². The average Bonchev–Trinajstić information content (AvgIpc) is 2.15. The van der Waals surface area contributed by atoms with Crippen LogP contribution in [0.4, 0.5) is 18.9 Å². The molecule has 1 radical (unpaired) electrons. The van der Waals surface area contributed by atoms with Crippen LogP contribution in [0.3, 0.4) is 0 Å². The molecule has 1 aromatic rings. The molecule has 0 atom stereocenters. The molecule has 15 heavy (non-hydrogen) atoms. The maximum atomic E-state index is 12.0. The van der Waals surface area contributed by atoms with Crippen molar-refractivity contribution in [3.05, 3.63) is 31.2 Å². The molecule has 83 valence electrons. The molecule has 0 bridgehead atoms. The molecule has 0 spiro atoms. The molecule has 0 aliphatic rings. The van der Waals surface area contributed by atoms with Crippen LogP contribution in [0, 0.1) is 6.92 Å². The molecule has 1 rings (SSSR count). The normalized spacial score (nSPS) is 11.3. The molecule has 1 aromatic carbocycles. The standard InChI is InChI=1S/C10H11F3NO/c1-3-14(2)8-6-4-5-7-9(8)15-10(11,12)13/h4-7H,1,3H2,2H3. The molecule has 0 heterocycles. The average molecular weight is 218 g/mol. The van der Waals surface area contributed by atoms with Gasteiger partial charge >= 0.3 is 6.36 Å². The number of ether oxygens (including phenoxy) is 1. The number of rotatable bonds is 3. The third-order valence-corrected chi connectivity index (χ3v) is 1.84. The first-order valence-corrected chi connectivity index (χ1v) is 4.29. The van der Waals surface area contributed by atoms with Gasteiger partial charge < -0.3 is 9.64 Å². The second kappa shape index (κ2) is 4.42. The molecule has 5 heteroatoms. The van der Waals surface area contributed by atoms with Crippen LogP contribution in [0.2, 0.25) is 0 Å². The van der Waals surface area contributed by atoms with Gasteiger partial charge in [0, 0.05) is 13.6 Å². The minimum absolute atomic E-state index is 0.212. The highest BCUT2D eigenvalue weighted by Gasteiger charge is 2.32. The summed E-state index contributed by atoms with van der Waals surface area (Å²) in [5.74, 6) is -0.212. The highest BCUT2D eigenvalue weighted by molar-refractivity contribution is 5.58. The third-order valence-electron chi connectivity index (χ3n) is 1.84. The van der Waals surface area contributed by atoms with Crippen LogP contribution < -0.4 is 9.64 Å². The fourth-order valence-corrected chi connectivity index (χ4v) is 1.10. The van der Waals surface area contributed by atoms with Gasteiger partial charge in [0.15, 0.2) is 5.75 Å². The van der Waals surface area contributed by atoms with Crippen molar-refractivity contribution in [1.82, 2.24) is 0 Å². The molecule has 0 aliphatic heterocycles. The maximum absolute atomic E-state index is 12.0. The molecule has 0 N–H and O–H groups in total. The van der Waals surface area contributed by atoms with Crippen molar-refractivity contribution in [3.63, 3.8) is 0 Å². The van der Waals surface area contributed by atoms with Crippen molar-refractivity contribution in [1.29, 1.82) is 0 Å². The largest absolute Gasteiger partial charge is 0.573 e. The molecular weight excluding hydrogens is 207 g/mol. The van der Waals surface area contributed by atoms with Crippen LogP contribution >= 0.6 is 0 Å². The minimum atomic E-state index is -4.67. The summed E-state index contributed by atoms with van der Waals surface area (Å²) in [5, 5.41) is 0. The fourth-order valence-electron chi connectivity index (χ4n) is 1.10.